The van der Waals surface area contributed by atoms with Gasteiger partial charge < -0.3 is 5.32 Å². The standard InChI is InChI=1S/C21H44.C2H7N.C2H6/c1-4-7-9-11-13-14-16-18-20-21(6-3)19-17-15-12-10-8-5-2;1-3-2;1-2/h21H,4-20H2,1-3H3;3H,1-2H3;1-2H3. The van der Waals surface area contributed by atoms with Crippen LogP contribution in [0.3, 0.4) is 0 Å². The smallest absolute Gasteiger partial charge is 0.0167 e. The highest BCUT2D eigenvalue weighted by atomic mass is 14.7. The molecule has 0 aliphatic heterocycles. The Morgan fingerprint density at radius 2 is 0.769 bits per heavy atom. The summed E-state index contributed by atoms with van der Waals surface area (Å²) >= 11 is 0. The average Bonchev–Trinajstić information content (AvgIpc) is 2.67. The molecule has 0 amide bonds. The fourth-order valence-corrected chi connectivity index (χ4v) is 3.33. The summed E-state index contributed by atoms with van der Waals surface area (Å²) in [6.07, 6.45) is 24.8. The molecule has 0 rings (SSSR count). The van der Waals surface area contributed by atoms with Crippen LogP contribution in [0.25, 0.3) is 0 Å². The maximum Gasteiger partial charge on any atom is -0.0167 e. The van der Waals surface area contributed by atoms with Gasteiger partial charge in [-0.25, -0.2) is 0 Å². The summed E-state index contributed by atoms with van der Waals surface area (Å²) < 4.78 is 0. The maximum atomic E-state index is 2.75. The molecule has 1 nitrogen and oxygen atoms in total. The molecule has 0 saturated heterocycles. The predicted molar refractivity (Wildman–Crippen MR) is 125 cm³/mol. The zero-order valence-electron chi connectivity index (χ0n) is 20.1. The van der Waals surface area contributed by atoms with Crippen LogP contribution in [0.15, 0.2) is 0 Å². The molecule has 1 heteroatoms. The van der Waals surface area contributed by atoms with Crippen LogP contribution < -0.4 is 5.32 Å². The van der Waals surface area contributed by atoms with Gasteiger partial charge in [0.15, 0.2) is 0 Å². The van der Waals surface area contributed by atoms with E-state index in [9.17, 15) is 0 Å². The predicted octanol–water partition coefficient (Wildman–Crippen LogP) is 9.16. The van der Waals surface area contributed by atoms with E-state index in [1.807, 2.05) is 27.9 Å². The van der Waals surface area contributed by atoms with E-state index in [0.717, 1.165) is 5.92 Å². The van der Waals surface area contributed by atoms with E-state index >= 15 is 0 Å². The second-order valence-electron chi connectivity index (χ2n) is 7.59. The van der Waals surface area contributed by atoms with Gasteiger partial charge in [0.1, 0.15) is 0 Å². The lowest BCUT2D eigenvalue weighted by atomic mass is 9.92. The van der Waals surface area contributed by atoms with Crippen molar-refractivity contribution >= 4 is 0 Å². The number of hydrogen-bond acceptors (Lipinski definition) is 1. The molecule has 162 valence electrons. The molecule has 1 atom stereocenters. The lowest BCUT2D eigenvalue weighted by Gasteiger charge is -2.14. The van der Waals surface area contributed by atoms with Crippen molar-refractivity contribution in [3.8, 4) is 0 Å². The molecule has 1 N–H and O–H groups in total. The van der Waals surface area contributed by atoms with Gasteiger partial charge in [-0.3, -0.25) is 0 Å². The van der Waals surface area contributed by atoms with Crippen LogP contribution in [0.5, 0.6) is 0 Å². The van der Waals surface area contributed by atoms with Gasteiger partial charge >= 0.3 is 0 Å². The SMILES string of the molecule is CC.CCCCCCCCCCC(CC)CCCCCCCC.CNC. The van der Waals surface area contributed by atoms with Gasteiger partial charge in [0.25, 0.3) is 0 Å². The molecule has 0 aromatic heterocycles. The number of unbranched alkanes of at least 4 members (excludes halogenated alkanes) is 12. The molecule has 0 aliphatic rings. The minimum absolute atomic E-state index is 1.02. The van der Waals surface area contributed by atoms with E-state index in [1.165, 1.54) is 109 Å². The Kier molecular flexibility index (Phi) is 38.5. The highest BCUT2D eigenvalue weighted by Crippen LogP contribution is 2.21. The zero-order chi connectivity index (χ0) is 20.3. The molecular weight excluding hydrogens is 314 g/mol. The Bertz CT molecular complexity index is 191. The molecule has 0 bridgehead atoms. The van der Waals surface area contributed by atoms with Gasteiger partial charge in [-0.05, 0) is 20.0 Å². The summed E-state index contributed by atoms with van der Waals surface area (Å²) in [5.41, 5.74) is 0. The summed E-state index contributed by atoms with van der Waals surface area (Å²) in [5, 5.41) is 2.75. The molecule has 0 saturated carbocycles. The van der Waals surface area contributed by atoms with Crippen molar-refractivity contribution in [2.45, 2.75) is 144 Å². The van der Waals surface area contributed by atoms with E-state index in [4.69, 9.17) is 0 Å². The summed E-state index contributed by atoms with van der Waals surface area (Å²) in [5.74, 6) is 1.02. The molecule has 0 spiro atoms. The molecule has 0 fully saturated rings. The largest absolute Gasteiger partial charge is 0.323 e. The normalized spacial score (nSPS) is 11.2. The maximum absolute atomic E-state index is 2.75. The molecule has 0 aliphatic carbocycles. The quantitative estimate of drug-likeness (QED) is 0.251. The third-order valence-electron chi connectivity index (χ3n) is 5.01. The zero-order valence-corrected chi connectivity index (χ0v) is 20.1. The first kappa shape index (κ1) is 30.7. The molecule has 0 radical (unpaired) electrons. The third-order valence-corrected chi connectivity index (χ3v) is 5.01. The molecular formula is C25H57N. The van der Waals surface area contributed by atoms with Crippen LogP contribution in [0.2, 0.25) is 0 Å². The third kappa shape index (κ3) is 31.7. The van der Waals surface area contributed by atoms with E-state index in [-0.39, 0.29) is 0 Å². The first-order valence-corrected chi connectivity index (χ1v) is 12.3. The van der Waals surface area contributed by atoms with Crippen LogP contribution in [0, 0.1) is 5.92 Å². The van der Waals surface area contributed by atoms with Crippen LogP contribution in [-0.4, -0.2) is 14.1 Å². The van der Waals surface area contributed by atoms with Crippen molar-refractivity contribution in [3.05, 3.63) is 0 Å². The van der Waals surface area contributed by atoms with E-state index < -0.39 is 0 Å². The highest BCUT2D eigenvalue weighted by molar-refractivity contribution is 4.59. The fraction of sp³-hybridized carbons (Fsp3) is 1.00. The van der Waals surface area contributed by atoms with Gasteiger partial charge in [0, 0.05) is 0 Å². The van der Waals surface area contributed by atoms with Crippen molar-refractivity contribution in [1.82, 2.24) is 5.32 Å². The number of hydrogen-bond donors (Lipinski definition) is 1. The van der Waals surface area contributed by atoms with Crippen LogP contribution in [0.4, 0.5) is 0 Å². The van der Waals surface area contributed by atoms with Crippen molar-refractivity contribution in [2.24, 2.45) is 5.92 Å². The topological polar surface area (TPSA) is 12.0 Å². The first-order valence-electron chi connectivity index (χ1n) is 12.3. The Balaban J connectivity index is -0.000000950. The Morgan fingerprint density at radius 3 is 1.04 bits per heavy atom. The van der Waals surface area contributed by atoms with Crippen LogP contribution in [0.1, 0.15) is 144 Å². The molecule has 0 aromatic rings. The summed E-state index contributed by atoms with van der Waals surface area (Å²) in [4.78, 5) is 0. The van der Waals surface area contributed by atoms with Crippen molar-refractivity contribution in [2.75, 3.05) is 14.1 Å². The lowest BCUT2D eigenvalue weighted by Crippen LogP contribution is -1.99. The first-order chi connectivity index (χ1) is 12.8. The molecule has 0 aromatic carbocycles. The molecule has 0 heterocycles. The Morgan fingerprint density at radius 1 is 0.500 bits per heavy atom. The van der Waals surface area contributed by atoms with Crippen molar-refractivity contribution < 1.29 is 0 Å². The van der Waals surface area contributed by atoms with Crippen molar-refractivity contribution in [1.29, 1.82) is 0 Å². The van der Waals surface area contributed by atoms with E-state index in [2.05, 4.69) is 26.1 Å². The summed E-state index contributed by atoms with van der Waals surface area (Å²) in [7, 11) is 3.75. The fourth-order valence-electron chi connectivity index (χ4n) is 3.33. The summed E-state index contributed by atoms with van der Waals surface area (Å²) in [6, 6.07) is 0. The van der Waals surface area contributed by atoms with Gasteiger partial charge in [0.05, 0.1) is 0 Å². The van der Waals surface area contributed by atoms with Crippen LogP contribution >= 0.6 is 0 Å². The van der Waals surface area contributed by atoms with E-state index in [0.29, 0.717) is 0 Å². The van der Waals surface area contributed by atoms with E-state index in [1.54, 1.807) is 0 Å². The van der Waals surface area contributed by atoms with Crippen molar-refractivity contribution in [3.63, 3.8) is 0 Å². The average molecular weight is 372 g/mol. The lowest BCUT2D eigenvalue weighted by molar-refractivity contribution is 0.392. The van der Waals surface area contributed by atoms with Gasteiger partial charge in [-0.2, -0.15) is 0 Å². The number of rotatable bonds is 17. The second-order valence-corrected chi connectivity index (χ2v) is 7.59. The monoisotopic (exact) mass is 371 g/mol. The molecule has 1 unspecified atom stereocenters. The second kappa shape index (κ2) is 32.6. The minimum Gasteiger partial charge on any atom is -0.323 e. The summed E-state index contributed by atoms with van der Waals surface area (Å²) in [6.45, 7) is 11.0. The highest BCUT2D eigenvalue weighted by Gasteiger charge is 2.05. The molecule has 26 heavy (non-hydrogen) atoms. The Hall–Kier alpha value is -0.0400. The van der Waals surface area contributed by atoms with Gasteiger partial charge in [-0.1, -0.05) is 144 Å². The van der Waals surface area contributed by atoms with Crippen LogP contribution in [-0.2, 0) is 0 Å². The minimum atomic E-state index is 1.02. The number of nitrogens with one attached hydrogen (secondary N) is 1. The van der Waals surface area contributed by atoms with Gasteiger partial charge in [-0.15, -0.1) is 0 Å². The van der Waals surface area contributed by atoms with Gasteiger partial charge in [0.2, 0.25) is 0 Å². The Labute approximate surface area is 169 Å².